The van der Waals surface area contributed by atoms with E-state index in [9.17, 15) is 15.4 Å². The van der Waals surface area contributed by atoms with E-state index in [1.54, 1.807) is 19.2 Å². The molecule has 8 heteroatoms. The third-order valence-corrected chi connectivity index (χ3v) is 6.65. The highest BCUT2D eigenvalue weighted by atomic mass is 35.5. The summed E-state index contributed by atoms with van der Waals surface area (Å²) in [5, 5.41) is 13.7. The number of hydrogen-bond acceptors (Lipinski definition) is 5. The van der Waals surface area contributed by atoms with Crippen molar-refractivity contribution in [1.82, 2.24) is 4.90 Å². The molecule has 4 rings (SSSR count). The summed E-state index contributed by atoms with van der Waals surface area (Å²) in [6.45, 7) is 2.66. The van der Waals surface area contributed by atoms with Crippen molar-refractivity contribution in [2.45, 2.75) is 44.4 Å². The van der Waals surface area contributed by atoms with E-state index in [1.165, 1.54) is 5.56 Å². The van der Waals surface area contributed by atoms with E-state index in [-0.39, 0.29) is 24.8 Å². The van der Waals surface area contributed by atoms with Gasteiger partial charge in [0.25, 0.3) is 0 Å². The molecule has 2 aliphatic rings. The maximum atomic E-state index is 13.4. The van der Waals surface area contributed by atoms with Gasteiger partial charge in [0, 0.05) is 22.6 Å². The first kappa shape index (κ1) is 24.1. The molecule has 0 saturated carbocycles. The summed E-state index contributed by atoms with van der Waals surface area (Å²) in [6.07, 6.45) is 2.90. The molecule has 1 aliphatic carbocycles. The van der Waals surface area contributed by atoms with Crippen LogP contribution in [0.4, 0.5) is 0 Å². The average molecular weight is 457 g/mol. The Kier molecular flexibility index (Phi) is 7.80. The zero-order chi connectivity index (χ0) is 21.8. The van der Waals surface area contributed by atoms with E-state index in [1.807, 2.05) is 6.07 Å². The van der Waals surface area contributed by atoms with Gasteiger partial charge in [0.05, 0.1) is 13.7 Å². The second kappa shape index (κ2) is 10.4. The van der Waals surface area contributed by atoms with Crippen LogP contribution < -0.4 is 4.74 Å². The summed E-state index contributed by atoms with van der Waals surface area (Å²) in [7, 11) is 1.54. The van der Waals surface area contributed by atoms with Crippen LogP contribution in [0.25, 0.3) is 10.4 Å². The molecule has 1 fully saturated rings. The Morgan fingerprint density at radius 1 is 1.25 bits per heavy atom. The largest absolute Gasteiger partial charge is 0.496 e. The number of benzene rings is 2. The SMILES string of the molecule is COc1cc2c(cc1CO)C(=O)C(CC1CCN(Cc3ccccc3)CC1)(N=[N+]=[N-])C2.Cl. The van der Waals surface area contributed by atoms with Crippen molar-refractivity contribution in [2.24, 2.45) is 11.0 Å². The average Bonchev–Trinajstić information content (AvgIpc) is 3.05. The van der Waals surface area contributed by atoms with E-state index in [0.717, 1.165) is 38.0 Å². The van der Waals surface area contributed by atoms with Crippen LogP contribution in [0.1, 0.15) is 46.3 Å². The van der Waals surface area contributed by atoms with E-state index < -0.39 is 5.54 Å². The summed E-state index contributed by atoms with van der Waals surface area (Å²) in [6, 6.07) is 13.9. The summed E-state index contributed by atoms with van der Waals surface area (Å²) in [4.78, 5) is 18.9. The monoisotopic (exact) mass is 456 g/mol. The van der Waals surface area contributed by atoms with Crippen molar-refractivity contribution < 1.29 is 14.6 Å². The maximum absolute atomic E-state index is 13.4. The van der Waals surface area contributed by atoms with E-state index >= 15 is 0 Å². The third kappa shape index (κ3) is 4.76. The van der Waals surface area contributed by atoms with Crippen LogP contribution in [-0.2, 0) is 19.6 Å². The standard InChI is InChI=1S/C24H28N4O3.ClH/c1-31-22-12-19-14-24(26-27-25,23(30)21(19)11-20(22)16-29)13-17-7-9-28(10-8-17)15-18-5-3-2-4-6-18;/h2-6,11-12,17,29H,7-10,13-16H2,1H3;1H. The molecule has 32 heavy (non-hydrogen) atoms. The minimum absolute atomic E-state index is 0. The number of Topliss-reactive ketones (excluding diaryl/α,β-unsaturated/α-hetero) is 1. The number of hydrogen-bond donors (Lipinski definition) is 1. The van der Waals surface area contributed by atoms with Gasteiger partial charge in [0.1, 0.15) is 11.3 Å². The van der Waals surface area contributed by atoms with Crippen LogP contribution in [0.5, 0.6) is 5.75 Å². The van der Waals surface area contributed by atoms with Crippen molar-refractivity contribution in [2.75, 3.05) is 20.2 Å². The molecule has 1 aliphatic heterocycles. The summed E-state index contributed by atoms with van der Waals surface area (Å²) < 4.78 is 5.36. The Morgan fingerprint density at radius 3 is 2.59 bits per heavy atom. The highest BCUT2D eigenvalue weighted by Crippen LogP contribution is 2.42. The van der Waals surface area contributed by atoms with Crippen LogP contribution >= 0.6 is 12.4 Å². The molecule has 7 nitrogen and oxygen atoms in total. The number of azide groups is 1. The van der Waals surface area contributed by atoms with Crippen molar-refractivity contribution in [3.05, 3.63) is 75.2 Å². The predicted octanol–water partition coefficient (Wildman–Crippen LogP) is 4.70. The van der Waals surface area contributed by atoms with Gasteiger partial charge in [-0.2, -0.15) is 0 Å². The van der Waals surface area contributed by atoms with Crippen molar-refractivity contribution >= 4 is 18.2 Å². The topological polar surface area (TPSA) is 98.5 Å². The Balaban J connectivity index is 0.00000289. The smallest absolute Gasteiger partial charge is 0.175 e. The lowest BCUT2D eigenvalue weighted by atomic mass is 9.80. The number of piperidine rings is 1. The van der Waals surface area contributed by atoms with Gasteiger partial charge < -0.3 is 9.84 Å². The molecule has 2 aromatic carbocycles. The highest BCUT2D eigenvalue weighted by molar-refractivity contribution is 6.08. The second-order valence-electron chi connectivity index (χ2n) is 8.62. The number of fused-ring (bicyclic) bond motifs is 1. The summed E-state index contributed by atoms with van der Waals surface area (Å²) in [5.74, 6) is 0.749. The van der Waals surface area contributed by atoms with Crippen LogP contribution in [-0.4, -0.2) is 41.5 Å². The number of likely N-dealkylation sites (tertiary alicyclic amines) is 1. The van der Waals surface area contributed by atoms with Crippen LogP contribution in [0, 0.1) is 5.92 Å². The normalized spacial score (nSPS) is 20.9. The molecule has 0 radical (unpaired) electrons. The third-order valence-electron chi connectivity index (χ3n) is 6.65. The summed E-state index contributed by atoms with van der Waals surface area (Å²) in [5.41, 5.74) is 11.4. The summed E-state index contributed by atoms with van der Waals surface area (Å²) >= 11 is 0. The molecule has 1 unspecified atom stereocenters. The van der Waals surface area contributed by atoms with Gasteiger partial charge in [-0.3, -0.25) is 9.69 Å². The minimum Gasteiger partial charge on any atom is -0.496 e. The fourth-order valence-electron chi connectivity index (χ4n) is 5.02. The molecule has 1 atom stereocenters. The number of halogens is 1. The molecule has 1 heterocycles. The first-order valence-electron chi connectivity index (χ1n) is 10.8. The van der Waals surface area contributed by atoms with Gasteiger partial charge in [-0.25, -0.2) is 0 Å². The van der Waals surface area contributed by atoms with Gasteiger partial charge in [-0.1, -0.05) is 35.4 Å². The van der Waals surface area contributed by atoms with Gasteiger partial charge in [0.15, 0.2) is 5.78 Å². The van der Waals surface area contributed by atoms with Gasteiger partial charge >= 0.3 is 0 Å². The lowest BCUT2D eigenvalue weighted by Gasteiger charge is -2.35. The van der Waals surface area contributed by atoms with Crippen LogP contribution in [0.15, 0.2) is 47.6 Å². The Bertz CT molecular complexity index is 1000. The van der Waals surface area contributed by atoms with Crippen molar-refractivity contribution in [3.8, 4) is 5.75 Å². The van der Waals surface area contributed by atoms with Crippen LogP contribution in [0.2, 0.25) is 0 Å². The van der Waals surface area contributed by atoms with Crippen molar-refractivity contribution in [3.63, 3.8) is 0 Å². The fraction of sp³-hybridized carbons (Fsp3) is 0.458. The molecular formula is C24H29ClN4O3. The van der Waals surface area contributed by atoms with Crippen molar-refractivity contribution in [1.29, 1.82) is 0 Å². The highest BCUT2D eigenvalue weighted by Gasteiger charge is 2.47. The zero-order valence-electron chi connectivity index (χ0n) is 18.2. The Morgan fingerprint density at radius 2 is 1.97 bits per heavy atom. The van der Waals surface area contributed by atoms with Gasteiger partial charge in [0.2, 0.25) is 0 Å². The predicted molar refractivity (Wildman–Crippen MR) is 125 cm³/mol. The minimum atomic E-state index is -1.08. The quantitative estimate of drug-likeness (QED) is 0.371. The fourth-order valence-corrected chi connectivity index (χ4v) is 5.02. The molecule has 2 aromatic rings. The molecule has 1 N–H and O–H groups in total. The van der Waals surface area contributed by atoms with Crippen LogP contribution in [0.3, 0.4) is 0 Å². The van der Waals surface area contributed by atoms with Gasteiger partial charge in [-0.05, 0) is 73.5 Å². The number of ketones is 1. The Hall–Kier alpha value is -2.57. The first-order chi connectivity index (χ1) is 15.1. The van der Waals surface area contributed by atoms with E-state index in [4.69, 9.17) is 4.74 Å². The molecule has 1 saturated heterocycles. The number of carbonyl (C=O) groups excluding carboxylic acids is 1. The number of methoxy groups -OCH3 is 1. The maximum Gasteiger partial charge on any atom is 0.175 e. The molecule has 0 spiro atoms. The number of ether oxygens (including phenoxy) is 1. The Labute approximate surface area is 194 Å². The molecule has 0 bridgehead atoms. The number of carbonyl (C=O) groups is 1. The molecule has 0 aromatic heterocycles. The number of nitrogens with zero attached hydrogens (tertiary/aromatic N) is 4. The molecule has 170 valence electrons. The lowest BCUT2D eigenvalue weighted by molar-refractivity contribution is 0.0855. The second-order valence-corrected chi connectivity index (χ2v) is 8.62. The number of aliphatic hydroxyl groups excluding tert-OH is 1. The lowest BCUT2D eigenvalue weighted by Crippen LogP contribution is -2.40. The molecule has 0 amide bonds. The number of aliphatic hydroxyl groups is 1. The first-order valence-corrected chi connectivity index (χ1v) is 10.8. The van der Waals surface area contributed by atoms with E-state index in [0.29, 0.717) is 35.6 Å². The van der Waals surface area contributed by atoms with E-state index in [2.05, 4.69) is 39.2 Å². The number of rotatable bonds is 7. The van der Waals surface area contributed by atoms with Gasteiger partial charge in [-0.15, -0.1) is 12.4 Å². The molecular weight excluding hydrogens is 428 g/mol. The zero-order valence-corrected chi connectivity index (χ0v) is 19.1.